The number of carbonyl (C=O) groups is 1. The van der Waals surface area contributed by atoms with Gasteiger partial charge in [0.25, 0.3) is 5.91 Å². The van der Waals surface area contributed by atoms with Gasteiger partial charge in [0.1, 0.15) is 11.8 Å². The standard InChI is InChI=1S/C24H21N3O2/c1-16(26-20-12-10-17-6-2-3-8-19(17)14-20)24(29)27-25-15-22-21-9-5-4-7-18(21)11-13-23(22)28/h2-16,26,28H,1H3,(H,27,29)/b25-15-/t16-/m1/s1. The summed E-state index contributed by atoms with van der Waals surface area (Å²) in [5.74, 6) is -0.154. The largest absolute Gasteiger partial charge is 0.507 e. The maximum Gasteiger partial charge on any atom is 0.262 e. The van der Waals surface area contributed by atoms with Crippen LogP contribution in [0, 0.1) is 0 Å². The Labute approximate surface area is 168 Å². The summed E-state index contributed by atoms with van der Waals surface area (Å²) >= 11 is 0. The lowest BCUT2D eigenvalue weighted by atomic mass is 10.0. The Bertz CT molecular complexity index is 1220. The van der Waals surface area contributed by atoms with Crippen LogP contribution in [0.25, 0.3) is 21.5 Å². The first-order valence-corrected chi connectivity index (χ1v) is 9.41. The van der Waals surface area contributed by atoms with Crippen molar-refractivity contribution in [3.8, 4) is 5.75 Å². The van der Waals surface area contributed by atoms with Crippen LogP contribution in [-0.2, 0) is 4.79 Å². The number of nitrogens with one attached hydrogen (secondary N) is 2. The molecule has 0 heterocycles. The molecule has 5 heteroatoms. The highest BCUT2D eigenvalue weighted by Crippen LogP contribution is 2.25. The lowest BCUT2D eigenvalue weighted by Gasteiger charge is -2.14. The molecule has 0 aromatic heterocycles. The Morgan fingerprint density at radius 2 is 1.62 bits per heavy atom. The smallest absolute Gasteiger partial charge is 0.262 e. The Hall–Kier alpha value is -3.86. The fourth-order valence-corrected chi connectivity index (χ4v) is 3.27. The highest BCUT2D eigenvalue weighted by atomic mass is 16.3. The van der Waals surface area contributed by atoms with Crippen LogP contribution in [-0.4, -0.2) is 23.3 Å². The van der Waals surface area contributed by atoms with E-state index in [0.29, 0.717) is 5.56 Å². The molecule has 0 fully saturated rings. The summed E-state index contributed by atoms with van der Waals surface area (Å²) in [6.07, 6.45) is 1.47. The second-order valence-electron chi connectivity index (χ2n) is 6.88. The zero-order valence-electron chi connectivity index (χ0n) is 16.0. The number of anilines is 1. The molecule has 4 rings (SSSR count). The SMILES string of the molecule is C[C@@H](Nc1ccc2ccccc2c1)C(=O)N/N=C\c1c(O)ccc2ccccc12. The van der Waals surface area contributed by atoms with Crippen molar-refractivity contribution >= 4 is 39.4 Å². The zero-order chi connectivity index (χ0) is 20.2. The number of carbonyl (C=O) groups excluding carboxylic acids is 1. The summed E-state index contributed by atoms with van der Waals surface area (Å²) in [5, 5.41) is 21.5. The van der Waals surface area contributed by atoms with Crippen molar-refractivity contribution in [1.29, 1.82) is 0 Å². The van der Waals surface area contributed by atoms with Crippen LogP contribution >= 0.6 is 0 Å². The summed E-state index contributed by atoms with van der Waals surface area (Å²) in [4.78, 5) is 12.4. The molecular weight excluding hydrogens is 362 g/mol. The third kappa shape index (κ3) is 4.04. The van der Waals surface area contributed by atoms with Gasteiger partial charge in [-0.05, 0) is 46.7 Å². The molecule has 0 bridgehead atoms. The fraction of sp³-hybridized carbons (Fsp3) is 0.0833. The van der Waals surface area contributed by atoms with E-state index >= 15 is 0 Å². The van der Waals surface area contributed by atoms with Crippen LogP contribution in [0.4, 0.5) is 5.69 Å². The molecule has 0 saturated heterocycles. The molecule has 1 atom stereocenters. The normalized spacial score (nSPS) is 12.3. The fourth-order valence-electron chi connectivity index (χ4n) is 3.27. The second kappa shape index (κ2) is 8.02. The van der Waals surface area contributed by atoms with Crippen molar-refractivity contribution in [3.63, 3.8) is 0 Å². The molecule has 29 heavy (non-hydrogen) atoms. The van der Waals surface area contributed by atoms with Gasteiger partial charge in [-0.25, -0.2) is 5.43 Å². The molecule has 0 aliphatic rings. The number of nitrogens with zero attached hydrogens (tertiary/aromatic N) is 1. The Kier molecular flexibility index (Phi) is 5.12. The average Bonchev–Trinajstić information content (AvgIpc) is 2.75. The van der Waals surface area contributed by atoms with Gasteiger partial charge in [0, 0.05) is 11.3 Å². The summed E-state index contributed by atoms with van der Waals surface area (Å²) in [7, 11) is 0. The van der Waals surface area contributed by atoms with E-state index in [9.17, 15) is 9.90 Å². The minimum absolute atomic E-state index is 0.115. The van der Waals surface area contributed by atoms with Crippen molar-refractivity contribution in [2.75, 3.05) is 5.32 Å². The molecule has 0 radical (unpaired) electrons. The quantitative estimate of drug-likeness (QED) is 0.347. The molecular formula is C24H21N3O2. The van der Waals surface area contributed by atoms with Gasteiger partial charge in [0.05, 0.1) is 6.21 Å². The van der Waals surface area contributed by atoms with Crippen molar-refractivity contribution in [1.82, 2.24) is 5.43 Å². The first-order chi connectivity index (χ1) is 14.1. The van der Waals surface area contributed by atoms with Crippen LogP contribution in [0.2, 0.25) is 0 Å². The Balaban J connectivity index is 1.44. The third-order valence-electron chi connectivity index (χ3n) is 4.84. The molecule has 144 valence electrons. The van der Waals surface area contributed by atoms with Crippen LogP contribution in [0.1, 0.15) is 12.5 Å². The maximum absolute atomic E-state index is 12.4. The number of hydrogen-bond acceptors (Lipinski definition) is 4. The first kappa shape index (κ1) is 18.5. The molecule has 0 aliphatic heterocycles. The monoisotopic (exact) mass is 383 g/mol. The van der Waals surface area contributed by atoms with Gasteiger partial charge in [-0.15, -0.1) is 0 Å². The number of hydrazone groups is 1. The van der Waals surface area contributed by atoms with E-state index in [1.165, 1.54) is 6.21 Å². The van der Waals surface area contributed by atoms with Gasteiger partial charge >= 0.3 is 0 Å². The van der Waals surface area contributed by atoms with Gasteiger partial charge in [-0.1, -0.05) is 60.7 Å². The van der Waals surface area contributed by atoms with Gasteiger partial charge in [-0.3, -0.25) is 4.79 Å². The molecule has 4 aromatic rings. The molecule has 0 aliphatic carbocycles. The number of fused-ring (bicyclic) bond motifs is 2. The van der Waals surface area contributed by atoms with Crippen molar-refractivity contribution in [3.05, 3.63) is 84.4 Å². The van der Waals surface area contributed by atoms with Crippen LogP contribution < -0.4 is 10.7 Å². The topological polar surface area (TPSA) is 73.7 Å². The van der Waals surface area contributed by atoms with Crippen LogP contribution in [0.5, 0.6) is 5.75 Å². The van der Waals surface area contributed by atoms with Crippen molar-refractivity contribution < 1.29 is 9.90 Å². The summed E-state index contributed by atoms with van der Waals surface area (Å²) in [6.45, 7) is 1.77. The summed E-state index contributed by atoms with van der Waals surface area (Å²) in [5.41, 5.74) is 3.97. The molecule has 5 nitrogen and oxygen atoms in total. The van der Waals surface area contributed by atoms with Crippen LogP contribution in [0.3, 0.4) is 0 Å². The van der Waals surface area contributed by atoms with E-state index in [1.807, 2.05) is 72.8 Å². The molecule has 0 saturated carbocycles. The third-order valence-corrected chi connectivity index (χ3v) is 4.84. The minimum Gasteiger partial charge on any atom is -0.507 e. The average molecular weight is 383 g/mol. The lowest BCUT2D eigenvalue weighted by Crippen LogP contribution is -2.34. The molecule has 0 spiro atoms. The van der Waals surface area contributed by atoms with E-state index in [2.05, 4.69) is 15.8 Å². The van der Waals surface area contributed by atoms with Crippen LogP contribution in [0.15, 0.2) is 84.0 Å². The number of rotatable bonds is 5. The van der Waals surface area contributed by atoms with Crippen molar-refractivity contribution in [2.45, 2.75) is 13.0 Å². The second-order valence-corrected chi connectivity index (χ2v) is 6.88. The number of phenols is 1. The predicted octanol–water partition coefficient (Wildman–Crippen LogP) is 4.65. The van der Waals surface area contributed by atoms with E-state index in [0.717, 1.165) is 27.2 Å². The number of hydrogen-bond donors (Lipinski definition) is 3. The van der Waals surface area contributed by atoms with E-state index in [4.69, 9.17) is 0 Å². The number of benzene rings is 4. The Morgan fingerprint density at radius 1 is 0.931 bits per heavy atom. The maximum atomic E-state index is 12.4. The lowest BCUT2D eigenvalue weighted by molar-refractivity contribution is -0.121. The highest BCUT2D eigenvalue weighted by molar-refractivity contribution is 6.02. The van der Waals surface area contributed by atoms with E-state index in [-0.39, 0.29) is 11.7 Å². The first-order valence-electron chi connectivity index (χ1n) is 9.41. The minimum atomic E-state index is -0.477. The zero-order valence-corrected chi connectivity index (χ0v) is 16.0. The molecule has 4 aromatic carbocycles. The van der Waals surface area contributed by atoms with Gasteiger partial charge < -0.3 is 10.4 Å². The van der Waals surface area contributed by atoms with E-state index < -0.39 is 6.04 Å². The molecule has 3 N–H and O–H groups in total. The van der Waals surface area contributed by atoms with Crippen molar-refractivity contribution in [2.24, 2.45) is 5.10 Å². The molecule has 1 amide bonds. The number of phenolic OH excluding ortho intramolecular Hbond substituents is 1. The van der Waals surface area contributed by atoms with Gasteiger partial charge in [-0.2, -0.15) is 5.10 Å². The molecule has 0 unspecified atom stereocenters. The Morgan fingerprint density at radius 3 is 2.45 bits per heavy atom. The van der Waals surface area contributed by atoms with Gasteiger partial charge in [0.15, 0.2) is 0 Å². The summed E-state index contributed by atoms with van der Waals surface area (Å²) in [6, 6.07) is 24.7. The predicted molar refractivity (Wildman–Crippen MR) is 118 cm³/mol. The highest BCUT2D eigenvalue weighted by Gasteiger charge is 2.12. The summed E-state index contributed by atoms with van der Waals surface area (Å²) < 4.78 is 0. The van der Waals surface area contributed by atoms with Gasteiger partial charge in [0.2, 0.25) is 0 Å². The van der Waals surface area contributed by atoms with E-state index in [1.54, 1.807) is 13.0 Å². The number of aromatic hydroxyl groups is 1. The number of amides is 1.